The number of benzene rings is 2. The SMILES string of the molecule is CC1(C)CN(Cc2ccc(Oc3nccs3)cc2)CCC1(O)c1ccc2ncc(C3CCC(=O)NC3=O)cc2c1F. The van der Waals surface area contributed by atoms with Crippen molar-refractivity contribution in [3.8, 4) is 10.9 Å². The van der Waals surface area contributed by atoms with Gasteiger partial charge in [0.05, 0.1) is 17.0 Å². The van der Waals surface area contributed by atoms with Crippen LogP contribution in [0.2, 0.25) is 0 Å². The average molecular weight is 575 g/mol. The summed E-state index contributed by atoms with van der Waals surface area (Å²) >= 11 is 1.43. The number of piperidine rings is 2. The molecule has 2 fully saturated rings. The fraction of sp³-hybridized carbons (Fsp3) is 0.355. The van der Waals surface area contributed by atoms with Gasteiger partial charge in [-0.2, -0.15) is 0 Å². The molecule has 2 aromatic carbocycles. The maximum absolute atomic E-state index is 16.2. The summed E-state index contributed by atoms with van der Waals surface area (Å²) in [6.07, 6.45) is 4.21. The zero-order valence-electron chi connectivity index (χ0n) is 22.9. The van der Waals surface area contributed by atoms with Gasteiger partial charge in [-0.1, -0.05) is 43.4 Å². The van der Waals surface area contributed by atoms with E-state index in [9.17, 15) is 14.7 Å². The topological polar surface area (TPSA) is 105 Å². The quantitative estimate of drug-likeness (QED) is 0.303. The second-order valence-electron chi connectivity index (χ2n) is 11.5. The molecule has 0 saturated carbocycles. The molecule has 2 N–H and O–H groups in total. The number of aliphatic hydroxyl groups is 1. The second kappa shape index (κ2) is 10.6. The summed E-state index contributed by atoms with van der Waals surface area (Å²) in [6, 6.07) is 12.9. The minimum atomic E-state index is -1.40. The van der Waals surface area contributed by atoms with Crippen molar-refractivity contribution in [1.82, 2.24) is 20.2 Å². The lowest BCUT2D eigenvalue weighted by atomic mass is 9.66. The van der Waals surface area contributed by atoms with Crippen molar-refractivity contribution >= 4 is 34.1 Å². The van der Waals surface area contributed by atoms with E-state index in [4.69, 9.17) is 4.74 Å². The molecule has 0 spiro atoms. The minimum absolute atomic E-state index is 0.228. The number of ether oxygens (including phenoxy) is 1. The predicted molar refractivity (Wildman–Crippen MR) is 153 cm³/mol. The highest BCUT2D eigenvalue weighted by Crippen LogP contribution is 2.48. The molecule has 41 heavy (non-hydrogen) atoms. The minimum Gasteiger partial charge on any atom is -0.431 e. The van der Waals surface area contributed by atoms with E-state index in [1.165, 1.54) is 11.3 Å². The standard InChI is InChI=1S/C31H31FN4O4S/c1-30(2)18-36(17-19-3-5-21(6-4-19)40-29-33-12-14-41-29)13-11-31(30,39)24-8-9-25-23(27(24)32)15-20(16-34-25)22-7-10-26(37)35-28(22)38/h3-6,8-9,12,14-16,22,39H,7,10-11,13,17-18H2,1-2H3,(H,35,37,38). The lowest BCUT2D eigenvalue weighted by molar-refractivity contribution is -0.134. The van der Waals surface area contributed by atoms with Crippen molar-refractivity contribution in [3.63, 3.8) is 0 Å². The maximum atomic E-state index is 16.2. The Bertz CT molecular complexity index is 1610. The van der Waals surface area contributed by atoms with Gasteiger partial charge in [-0.3, -0.25) is 24.8 Å². The number of aromatic nitrogens is 2. The molecule has 0 aliphatic carbocycles. The highest BCUT2D eigenvalue weighted by molar-refractivity contribution is 7.11. The Balaban J connectivity index is 1.21. The van der Waals surface area contributed by atoms with Crippen LogP contribution in [0, 0.1) is 11.2 Å². The van der Waals surface area contributed by atoms with Gasteiger partial charge in [0.25, 0.3) is 5.19 Å². The number of imide groups is 1. The molecule has 2 amide bonds. The van der Waals surface area contributed by atoms with Crippen LogP contribution in [0.15, 0.2) is 60.2 Å². The summed E-state index contributed by atoms with van der Waals surface area (Å²) in [5.74, 6) is -1.07. The predicted octanol–water partition coefficient (Wildman–Crippen LogP) is 5.26. The van der Waals surface area contributed by atoms with Crippen molar-refractivity contribution in [2.24, 2.45) is 5.41 Å². The smallest absolute Gasteiger partial charge is 0.278 e. The van der Waals surface area contributed by atoms with Crippen LogP contribution in [0.25, 0.3) is 10.9 Å². The third-order valence-corrected chi connectivity index (χ3v) is 9.03. The zero-order chi connectivity index (χ0) is 28.8. The van der Waals surface area contributed by atoms with E-state index in [1.807, 2.05) is 43.5 Å². The summed E-state index contributed by atoms with van der Waals surface area (Å²) < 4.78 is 21.9. The number of halogens is 1. The van der Waals surface area contributed by atoms with E-state index in [1.54, 1.807) is 30.6 Å². The Hall–Kier alpha value is -3.73. The lowest BCUT2D eigenvalue weighted by Gasteiger charge is -2.50. The Morgan fingerprint density at radius 2 is 1.98 bits per heavy atom. The van der Waals surface area contributed by atoms with Crippen LogP contribution in [-0.4, -0.2) is 44.9 Å². The number of hydrogen-bond donors (Lipinski definition) is 2. The summed E-state index contributed by atoms with van der Waals surface area (Å²) in [5.41, 5.74) is 0.286. The van der Waals surface area contributed by atoms with Gasteiger partial charge >= 0.3 is 0 Å². The molecule has 10 heteroatoms. The molecule has 2 saturated heterocycles. The van der Waals surface area contributed by atoms with E-state index >= 15 is 4.39 Å². The number of fused-ring (bicyclic) bond motifs is 1. The van der Waals surface area contributed by atoms with E-state index in [-0.39, 0.29) is 23.3 Å². The first-order valence-electron chi connectivity index (χ1n) is 13.7. The summed E-state index contributed by atoms with van der Waals surface area (Å²) in [4.78, 5) is 34.8. The lowest BCUT2D eigenvalue weighted by Crippen LogP contribution is -2.55. The Labute approximate surface area is 241 Å². The Kier molecular flexibility index (Phi) is 7.09. The first-order chi connectivity index (χ1) is 19.6. The molecular weight excluding hydrogens is 543 g/mol. The van der Waals surface area contributed by atoms with Crippen molar-refractivity contribution < 1.29 is 23.8 Å². The fourth-order valence-corrected chi connectivity index (χ4v) is 6.55. The van der Waals surface area contributed by atoms with Gasteiger partial charge in [-0.15, -0.1) is 0 Å². The third kappa shape index (κ3) is 5.23. The van der Waals surface area contributed by atoms with Gasteiger partial charge < -0.3 is 9.84 Å². The number of thiazole rings is 1. The van der Waals surface area contributed by atoms with Crippen LogP contribution in [0.4, 0.5) is 4.39 Å². The highest BCUT2D eigenvalue weighted by Gasteiger charge is 2.50. The van der Waals surface area contributed by atoms with Crippen molar-refractivity contribution in [1.29, 1.82) is 0 Å². The third-order valence-electron chi connectivity index (χ3n) is 8.38. The molecule has 212 valence electrons. The molecule has 6 rings (SSSR count). The maximum Gasteiger partial charge on any atom is 0.278 e. The van der Waals surface area contributed by atoms with Gasteiger partial charge in [0.15, 0.2) is 0 Å². The van der Waals surface area contributed by atoms with E-state index in [2.05, 4.69) is 20.2 Å². The highest BCUT2D eigenvalue weighted by atomic mass is 32.1. The van der Waals surface area contributed by atoms with Crippen molar-refractivity contribution in [3.05, 3.63) is 82.7 Å². The van der Waals surface area contributed by atoms with Crippen LogP contribution in [0.1, 0.15) is 55.7 Å². The number of hydrogen-bond acceptors (Lipinski definition) is 8. The van der Waals surface area contributed by atoms with Gasteiger partial charge in [0.2, 0.25) is 11.8 Å². The Morgan fingerprint density at radius 1 is 1.17 bits per heavy atom. The largest absolute Gasteiger partial charge is 0.431 e. The van der Waals surface area contributed by atoms with Crippen molar-refractivity contribution in [2.75, 3.05) is 13.1 Å². The molecule has 2 aliphatic heterocycles. The normalized spacial score (nSPS) is 23.0. The average Bonchev–Trinajstić information content (AvgIpc) is 3.45. The first kappa shape index (κ1) is 27.4. The number of pyridine rings is 1. The zero-order valence-corrected chi connectivity index (χ0v) is 23.7. The molecule has 8 nitrogen and oxygen atoms in total. The number of carbonyl (C=O) groups excluding carboxylic acids is 2. The van der Waals surface area contributed by atoms with Gasteiger partial charge in [-0.25, -0.2) is 9.37 Å². The van der Waals surface area contributed by atoms with Gasteiger partial charge in [-0.05, 0) is 48.2 Å². The van der Waals surface area contributed by atoms with Crippen LogP contribution in [0.5, 0.6) is 10.9 Å². The number of nitrogens with one attached hydrogen (secondary N) is 1. The van der Waals surface area contributed by atoms with Crippen LogP contribution in [0.3, 0.4) is 0 Å². The van der Waals surface area contributed by atoms with E-state index in [0.29, 0.717) is 48.7 Å². The monoisotopic (exact) mass is 574 g/mol. The number of amides is 2. The molecule has 2 aliphatic rings. The summed E-state index contributed by atoms with van der Waals surface area (Å²) in [7, 11) is 0. The first-order valence-corrected chi connectivity index (χ1v) is 14.5. The molecule has 0 radical (unpaired) electrons. The molecule has 4 aromatic rings. The second-order valence-corrected chi connectivity index (χ2v) is 12.4. The summed E-state index contributed by atoms with van der Waals surface area (Å²) in [6.45, 7) is 5.77. The van der Waals surface area contributed by atoms with Gasteiger partial charge in [0, 0.05) is 60.2 Å². The number of nitrogens with zero attached hydrogens (tertiary/aromatic N) is 3. The van der Waals surface area contributed by atoms with Gasteiger partial charge in [0.1, 0.15) is 11.6 Å². The molecule has 2 atom stereocenters. The summed E-state index contributed by atoms with van der Waals surface area (Å²) in [5, 5.41) is 17.1. The molecule has 2 aromatic heterocycles. The van der Waals surface area contributed by atoms with Crippen molar-refractivity contribution in [2.45, 2.75) is 51.2 Å². The molecule has 2 unspecified atom stereocenters. The molecular formula is C31H31FN4O4S. The number of carbonyl (C=O) groups is 2. The number of rotatable bonds is 6. The van der Waals surface area contributed by atoms with Crippen LogP contribution < -0.4 is 10.1 Å². The molecule has 0 bridgehead atoms. The van der Waals surface area contributed by atoms with Crippen LogP contribution >= 0.6 is 11.3 Å². The fourth-order valence-electron chi connectivity index (χ4n) is 6.05. The van der Waals surface area contributed by atoms with E-state index in [0.717, 1.165) is 11.3 Å². The Morgan fingerprint density at radius 3 is 2.68 bits per heavy atom. The molecule has 4 heterocycles. The van der Waals surface area contributed by atoms with Crippen LogP contribution in [-0.2, 0) is 21.7 Å². The van der Waals surface area contributed by atoms with E-state index < -0.39 is 28.7 Å². The number of likely N-dealkylation sites (tertiary alicyclic amines) is 1.